The van der Waals surface area contributed by atoms with Gasteiger partial charge in [-0.3, -0.25) is 13.9 Å². The molecular formula is C25H33Cl2N3O4S. The molecule has 2 aromatic rings. The SMILES string of the molecule is CCc1ccc(N(CC(=O)N(Cc2c(Cl)cccc2Cl)C(C)C(=O)NCC(C)C)S(C)(=O)=O)cc1. The highest BCUT2D eigenvalue weighted by Crippen LogP contribution is 2.27. The summed E-state index contributed by atoms with van der Waals surface area (Å²) in [5.41, 5.74) is 1.88. The van der Waals surface area contributed by atoms with Crippen LogP contribution in [0.3, 0.4) is 0 Å². The largest absolute Gasteiger partial charge is 0.354 e. The molecule has 2 aromatic carbocycles. The molecule has 0 saturated carbocycles. The molecule has 0 bridgehead atoms. The maximum absolute atomic E-state index is 13.6. The molecule has 0 radical (unpaired) electrons. The minimum absolute atomic E-state index is 0.0556. The molecule has 0 aliphatic heterocycles. The van der Waals surface area contributed by atoms with Crippen molar-refractivity contribution in [2.24, 2.45) is 5.92 Å². The summed E-state index contributed by atoms with van der Waals surface area (Å²) >= 11 is 12.7. The fraction of sp³-hybridized carbons (Fsp3) is 0.440. The molecule has 0 aliphatic carbocycles. The van der Waals surface area contributed by atoms with Crippen LogP contribution in [-0.2, 0) is 32.6 Å². The van der Waals surface area contributed by atoms with Crippen LogP contribution in [0.4, 0.5) is 5.69 Å². The lowest BCUT2D eigenvalue weighted by molar-refractivity contribution is -0.139. The van der Waals surface area contributed by atoms with E-state index in [1.807, 2.05) is 32.9 Å². The number of hydrogen-bond donors (Lipinski definition) is 1. The van der Waals surface area contributed by atoms with Gasteiger partial charge in [0, 0.05) is 28.7 Å². The highest BCUT2D eigenvalue weighted by atomic mass is 35.5. The zero-order valence-corrected chi connectivity index (χ0v) is 23.0. The lowest BCUT2D eigenvalue weighted by Crippen LogP contribution is -2.51. The van der Waals surface area contributed by atoms with Gasteiger partial charge in [-0.15, -0.1) is 0 Å². The van der Waals surface area contributed by atoms with Crippen LogP contribution in [-0.4, -0.2) is 50.5 Å². The zero-order valence-electron chi connectivity index (χ0n) is 20.7. The van der Waals surface area contributed by atoms with E-state index >= 15 is 0 Å². The van der Waals surface area contributed by atoms with Gasteiger partial charge in [0.2, 0.25) is 21.8 Å². The molecule has 0 aliphatic rings. The number of nitrogens with one attached hydrogen (secondary N) is 1. The number of aryl methyl sites for hydroxylation is 1. The van der Waals surface area contributed by atoms with E-state index < -0.39 is 28.5 Å². The number of carbonyl (C=O) groups excluding carboxylic acids is 2. The fourth-order valence-corrected chi connectivity index (χ4v) is 4.77. The number of nitrogens with zero attached hydrogens (tertiary/aromatic N) is 2. The molecule has 0 fully saturated rings. The Balaban J connectivity index is 2.42. The Morgan fingerprint density at radius 1 is 1.00 bits per heavy atom. The second-order valence-corrected chi connectivity index (χ2v) is 11.5. The van der Waals surface area contributed by atoms with Crippen molar-refractivity contribution in [3.63, 3.8) is 0 Å². The summed E-state index contributed by atoms with van der Waals surface area (Å²) in [7, 11) is -3.79. The van der Waals surface area contributed by atoms with Crippen LogP contribution in [0, 0.1) is 5.92 Å². The van der Waals surface area contributed by atoms with Crippen molar-refractivity contribution < 1.29 is 18.0 Å². The number of sulfonamides is 1. The molecule has 2 rings (SSSR count). The Kier molecular flexibility index (Phi) is 10.4. The first-order valence-corrected chi connectivity index (χ1v) is 14.0. The van der Waals surface area contributed by atoms with Gasteiger partial charge in [0.1, 0.15) is 12.6 Å². The molecule has 1 N–H and O–H groups in total. The predicted molar refractivity (Wildman–Crippen MR) is 142 cm³/mol. The van der Waals surface area contributed by atoms with Crippen LogP contribution in [0.5, 0.6) is 0 Å². The summed E-state index contributed by atoms with van der Waals surface area (Å²) in [6.45, 7) is 7.43. The number of carbonyl (C=O) groups is 2. The lowest BCUT2D eigenvalue weighted by atomic mass is 10.1. The quantitative estimate of drug-likeness (QED) is 0.453. The number of amides is 2. The van der Waals surface area contributed by atoms with E-state index in [0.717, 1.165) is 22.5 Å². The normalized spacial score (nSPS) is 12.3. The van der Waals surface area contributed by atoms with Gasteiger partial charge < -0.3 is 10.2 Å². The van der Waals surface area contributed by atoms with Gasteiger partial charge in [0.15, 0.2) is 0 Å². The van der Waals surface area contributed by atoms with Gasteiger partial charge in [0.05, 0.1) is 11.9 Å². The molecule has 10 heteroatoms. The van der Waals surface area contributed by atoms with E-state index in [4.69, 9.17) is 23.2 Å². The van der Waals surface area contributed by atoms with Gasteiger partial charge in [-0.2, -0.15) is 0 Å². The summed E-state index contributed by atoms with van der Waals surface area (Å²) in [6.07, 6.45) is 1.84. The molecule has 1 unspecified atom stereocenters. The van der Waals surface area contributed by atoms with E-state index in [-0.39, 0.29) is 18.4 Å². The van der Waals surface area contributed by atoms with Gasteiger partial charge in [0.25, 0.3) is 0 Å². The van der Waals surface area contributed by atoms with Crippen molar-refractivity contribution in [3.8, 4) is 0 Å². The molecule has 7 nitrogen and oxygen atoms in total. The average molecular weight is 543 g/mol. The van der Waals surface area contributed by atoms with E-state index in [2.05, 4.69) is 5.32 Å². The molecule has 192 valence electrons. The van der Waals surface area contributed by atoms with Crippen LogP contribution in [0.25, 0.3) is 0 Å². The number of anilines is 1. The topological polar surface area (TPSA) is 86.8 Å². The smallest absolute Gasteiger partial charge is 0.244 e. The van der Waals surface area contributed by atoms with Gasteiger partial charge in [-0.1, -0.05) is 62.2 Å². The third kappa shape index (κ3) is 8.12. The second kappa shape index (κ2) is 12.6. The molecule has 0 saturated heterocycles. The summed E-state index contributed by atoms with van der Waals surface area (Å²) < 4.78 is 26.3. The first kappa shape index (κ1) is 28.9. The molecule has 2 amide bonds. The van der Waals surface area contributed by atoms with E-state index in [0.29, 0.717) is 27.8 Å². The number of hydrogen-bond acceptors (Lipinski definition) is 4. The first-order chi connectivity index (χ1) is 16.3. The summed E-state index contributed by atoms with van der Waals surface area (Å²) in [5.74, 6) is -0.688. The zero-order chi connectivity index (χ0) is 26.3. The van der Waals surface area contributed by atoms with Crippen molar-refractivity contribution >= 4 is 50.7 Å². The van der Waals surface area contributed by atoms with Gasteiger partial charge in [-0.05, 0) is 49.1 Å². The Labute approximate surface area is 218 Å². The summed E-state index contributed by atoms with van der Waals surface area (Å²) in [5, 5.41) is 3.52. The van der Waals surface area contributed by atoms with Crippen molar-refractivity contribution in [2.45, 2.75) is 46.7 Å². The van der Waals surface area contributed by atoms with Crippen molar-refractivity contribution in [3.05, 3.63) is 63.6 Å². The molecule has 35 heavy (non-hydrogen) atoms. The van der Waals surface area contributed by atoms with Gasteiger partial charge in [-0.25, -0.2) is 8.42 Å². The summed E-state index contributed by atoms with van der Waals surface area (Å²) in [6, 6.07) is 11.1. The number of rotatable bonds is 11. The van der Waals surface area contributed by atoms with E-state index in [9.17, 15) is 18.0 Å². The van der Waals surface area contributed by atoms with Crippen LogP contribution in [0.2, 0.25) is 10.0 Å². The van der Waals surface area contributed by atoms with Crippen LogP contribution in [0.1, 0.15) is 38.8 Å². The minimum Gasteiger partial charge on any atom is -0.354 e. The number of benzene rings is 2. The molecule has 0 aromatic heterocycles. The molecule has 0 spiro atoms. The fourth-order valence-electron chi connectivity index (χ4n) is 3.40. The third-order valence-electron chi connectivity index (χ3n) is 5.55. The Hall–Kier alpha value is -2.29. The minimum atomic E-state index is -3.79. The first-order valence-electron chi connectivity index (χ1n) is 11.4. The Morgan fingerprint density at radius 2 is 1.57 bits per heavy atom. The van der Waals surface area contributed by atoms with Crippen LogP contribution < -0.4 is 9.62 Å². The van der Waals surface area contributed by atoms with Gasteiger partial charge >= 0.3 is 0 Å². The monoisotopic (exact) mass is 541 g/mol. The average Bonchev–Trinajstić information content (AvgIpc) is 2.79. The van der Waals surface area contributed by atoms with E-state index in [1.165, 1.54) is 4.90 Å². The lowest BCUT2D eigenvalue weighted by Gasteiger charge is -2.32. The standard InChI is InChI=1S/C25H33Cl2N3O4S/c1-6-19-10-12-20(13-11-19)30(35(5,33)34)16-24(31)29(18(4)25(32)28-14-17(2)3)15-21-22(26)8-7-9-23(21)27/h7-13,17-18H,6,14-16H2,1-5H3,(H,28,32). The molecule has 0 heterocycles. The molecular weight excluding hydrogens is 509 g/mol. The van der Waals surface area contributed by atoms with Crippen LogP contribution >= 0.6 is 23.2 Å². The third-order valence-corrected chi connectivity index (χ3v) is 7.40. The highest BCUT2D eigenvalue weighted by molar-refractivity contribution is 7.92. The highest BCUT2D eigenvalue weighted by Gasteiger charge is 2.31. The Morgan fingerprint density at radius 3 is 2.06 bits per heavy atom. The van der Waals surface area contributed by atoms with E-state index in [1.54, 1.807) is 37.3 Å². The second-order valence-electron chi connectivity index (χ2n) is 8.83. The maximum Gasteiger partial charge on any atom is 0.244 e. The van der Waals surface area contributed by atoms with Crippen molar-refractivity contribution in [1.82, 2.24) is 10.2 Å². The van der Waals surface area contributed by atoms with Crippen molar-refractivity contribution in [2.75, 3.05) is 23.7 Å². The van der Waals surface area contributed by atoms with Crippen molar-refractivity contribution in [1.29, 1.82) is 0 Å². The summed E-state index contributed by atoms with van der Waals surface area (Å²) in [4.78, 5) is 27.7. The maximum atomic E-state index is 13.6. The molecule has 1 atom stereocenters. The predicted octanol–water partition coefficient (Wildman–Crippen LogP) is 4.51. The number of halogens is 2. The Bertz CT molecular complexity index is 1120. The van der Waals surface area contributed by atoms with Crippen LogP contribution in [0.15, 0.2) is 42.5 Å².